The van der Waals surface area contributed by atoms with Crippen LogP contribution < -0.4 is 10.1 Å². The zero-order valence-corrected chi connectivity index (χ0v) is 13.0. The van der Waals surface area contributed by atoms with E-state index in [1.165, 1.54) is 0 Å². The van der Waals surface area contributed by atoms with Crippen molar-refractivity contribution in [3.63, 3.8) is 0 Å². The van der Waals surface area contributed by atoms with Gasteiger partial charge in [0.2, 0.25) is 0 Å². The van der Waals surface area contributed by atoms with Crippen molar-refractivity contribution in [3.8, 4) is 17.6 Å². The molecule has 104 valence electrons. The van der Waals surface area contributed by atoms with Gasteiger partial charge in [-0.3, -0.25) is 0 Å². The molecule has 4 heteroatoms. The lowest BCUT2D eigenvalue weighted by atomic mass is 10.2. The first kappa shape index (κ1) is 16.0. The van der Waals surface area contributed by atoms with E-state index >= 15 is 0 Å². The van der Waals surface area contributed by atoms with Gasteiger partial charge < -0.3 is 14.8 Å². The summed E-state index contributed by atoms with van der Waals surface area (Å²) < 4.78 is 11.8. The van der Waals surface area contributed by atoms with Crippen molar-refractivity contribution in [2.75, 3.05) is 26.9 Å². The minimum atomic E-state index is 0.606. The predicted molar refractivity (Wildman–Crippen MR) is 81.3 cm³/mol. The van der Waals surface area contributed by atoms with Crippen LogP contribution in [0, 0.1) is 11.8 Å². The summed E-state index contributed by atoms with van der Waals surface area (Å²) in [6, 6.07) is 6.06. The van der Waals surface area contributed by atoms with Crippen LogP contribution in [-0.4, -0.2) is 26.9 Å². The Morgan fingerprint density at radius 3 is 2.89 bits per heavy atom. The summed E-state index contributed by atoms with van der Waals surface area (Å²) in [5.74, 6) is 6.75. The van der Waals surface area contributed by atoms with Crippen LogP contribution in [0.15, 0.2) is 22.7 Å². The Bertz CT molecular complexity index is 438. The SMILES string of the molecule is CC#CCCOc1c(Br)cccc1CNCCOC. The van der Waals surface area contributed by atoms with Crippen molar-refractivity contribution in [2.24, 2.45) is 0 Å². The largest absolute Gasteiger partial charge is 0.491 e. The lowest BCUT2D eigenvalue weighted by molar-refractivity contribution is 0.199. The van der Waals surface area contributed by atoms with E-state index in [1.54, 1.807) is 7.11 Å². The second-order valence-electron chi connectivity index (χ2n) is 3.92. The molecule has 0 aliphatic carbocycles. The van der Waals surface area contributed by atoms with Crippen LogP contribution in [0.25, 0.3) is 0 Å². The number of rotatable bonds is 8. The number of ether oxygens (including phenoxy) is 2. The van der Waals surface area contributed by atoms with E-state index in [-0.39, 0.29) is 0 Å². The second kappa shape index (κ2) is 9.85. The van der Waals surface area contributed by atoms with E-state index in [4.69, 9.17) is 9.47 Å². The first-order valence-corrected chi connectivity index (χ1v) is 7.08. The van der Waals surface area contributed by atoms with Gasteiger partial charge in [0, 0.05) is 32.2 Å². The van der Waals surface area contributed by atoms with Crippen LogP contribution in [0.2, 0.25) is 0 Å². The maximum absolute atomic E-state index is 5.81. The highest BCUT2D eigenvalue weighted by atomic mass is 79.9. The van der Waals surface area contributed by atoms with Gasteiger partial charge in [0.15, 0.2) is 0 Å². The fourth-order valence-electron chi connectivity index (χ4n) is 1.58. The topological polar surface area (TPSA) is 30.5 Å². The molecular weight excluding hydrogens is 306 g/mol. The lowest BCUT2D eigenvalue weighted by Crippen LogP contribution is -2.19. The molecule has 0 heterocycles. The first-order chi connectivity index (χ1) is 9.29. The highest BCUT2D eigenvalue weighted by Crippen LogP contribution is 2.29. The van der Waals surface area contributed by atoms with Crippen molar-refractivity contribution >= 4 is 15.9 Å². The zero-order valence-electron chi connectivity index (χ0n) is 11.5. The minimum absolute atomic E-state index is 0.606. The highest BCUT2D eigenvalue weighted by molar-refractivity contribution is 9.10. The minimum Gasteiger partial charge on any atom is -0.491 e. The molecule has 0 radical (unpaired) electrons. The molecular formula is C15H20BrNO2. The summed E-state index contributed by atoms with van der Waals surface area (Å²) in [6.45, 7) is 4.73. The average Bonchev–Trinajstić information content (AvgIpc) is 2.42. The molecule has 0 bridgehead atoms. The number of methoxy groups -OCH3 is 1. The maximum atomic E-state index is 5.81. The third-order valence-corrected chi connectivity index (χ3v) is 3.12. The molecule has 1 N–H and O–H groups in total. The van der Waals surface area contributed by atoms with Gasteiger partial charge >= 0.3 is 0 Å². The Morgan fingerprint density at radius 2 is 2.16 bits per heavy atom. The first-order valence-electron chi connectivity index (χ1n) is 6.29. The molecule has 0 aromatic heterocycles. The fraction of sp³-hybridized carbons (Fsp3) is 0.467. The lowest BCUT2D eigenvalue weighted by Gasteiger charge is -2.13. The Balaban J connectivity index is 2.57. The van der Waals surface area contributed by atoms with Crippen LogP contribution in [0.3, 0.4) is 0 Å². The van der Waals surface area contributed by atoms with E-state index in [9.17, 15) is 0 Å². The van der Waals surface area contributed by atoms with Gasteiger partial charge in [-0.1, -0.05) is 12.1 Å². The van der Waals surface area contributed by atoms with Crippen molar-refractivity contribution in [1.82, 2.24) is 5.32 Å². The quantitative estimate of drug-likeness (QED) is 0.588. The normalized spacial score (nSPS) is 9.84. The van der Waals surface area contributed by atoms with E-state index < -0.39 is 0 Å². The summed E-state index contributed by atoms with van der Waals surface area (Å²) in [5, 5.41) is 3.32. The van der Waals surface area contributed by atoms with Crippen molar-refractivity contribution < 1.29 is 9.47 Å². The van der Waals surface area contributed by atoms with E-state index in [2.05, 4.69) is 39.2 Å². The molecule has 0 amide bonds. The van der Waals surface area contributed by atoms with Gasteiger partial charge in [-0.2, -0.15) is 0 Å². The van der Waals surface area contributed by atoms with Crippen molar-refractivity contribution in [3.05, 3.63) is 28.2 Å². The van der Waals surface area contributed by atoms with Crippen molar-refractivity contribution in [1.29, 1.82) is 0 Å². The number of hydrogen-bond donors (Lipinski definition) is 1. The van der Waals surface area contributed by atoms with E-state index in [1.807, 2.05) is 19.1 Å². The number of benzene rings is 1. The van der Waals surface area contributed by atoms with Gasteiger partial charge in [-0.05, 0) is 28.9 Å². The van der Waals surface area contributed by atoms with Gasteiger partial charge in [-0.25, -0.2) is 0 Å². The molecule has 1 aromatic rings. The van der Waals surface area contributed by atoms with Crippen LogP contribution in [0.5, 0.6) is 5.75 Å². The zero-order chi connectivity index (χ0) is 13.9. The number of halogens is 1. The van der Waals surface area contributed by atoms with Crippen LogP contribution in [0.1, 0.15) is 18.9 Å². The van der Waals surface area contributed by atoms with Gasteiger partial charge in [0.25, 0.3) is 0 Å². The summed E-state index contributed by atoms with van der Waals surface area (Å²) in [6.07, 6.45) is 0.744. The number of para-hydroxylation sites is 1. The average molecular weight is 326 g/mol. The Morgan fingerprint density at radius 1 is 1.32 bits per heavy atom. The van der Waals surface area contributed by atoms with Gasteiger partial charge in [-0.15, -0.1) is 11.8 Å². The molecule has 3 nitrogen and oxygen atoms in total. The second-order valence-corrected chi connectivity index (χ2v) is 4.78. The van der Waals surface area contributed by atoms with Crippen molar-refractivity contribution in [2.45, 2.75) is 19.9 Å². The molecule has 0 unspecified atom stereocenters. The molecule has 0 atom stereocenters. The van der Waals surface area contributed by atoms with Crippen LogP contribution in [0.4, 0.5) is 0 Å². The molecule has 1 rings (SSSR count). The molecule has 0 saturated carbocycles. The maximum Gasteiger partial charge on any atom is 0.137 e. The Kier molecular flexibility index (Phi) is 8.31. The summed E-state index contributed by atoms with van der Waals surface area (Å²) in [4.78, 5) is 0. The summed E-state index contributed by atoms with van der Waals surface area (Å²) in [7, 11) is 1.70. The molecule has 1 aromatic carbocycles. The monoisotopic (exact) mass is 325 g/mol. The number of nitrogens with one attached hydrogen (secondary N) is 1. The van der Waals surface area contributed by atoms with E-state index in [0.29, 0.717) is 13.2 Å². The molecule has 0 aliphatic rings. The van der Waals surface area contributed by atoms with Crippen LogP contribution >= 0.6 is 15.9 Å². The molecule has 0 spiro atoms. The molecule has 19 heavy (non-hydrogen) atoms. The molecule has 0 aliphatic heterocycles. The predicted octanol–water partition coefficient (Wildman–Crippen LogP) is 2.98. The number of hydrogen-bond acceptors (Lipinski definition) is 3. The van der Waals surface area contributed by atoms with Crippen LogP contribution in [-0.2, 0) is 11.3 Å². The standard InChI is InChI=1S/C15H20BrNO2/c1-3-4-5-10-19-15-13(7-6-8-14(15)16)12-17-9-11-18-2/h6-8,17H,5,9-12H2,1-2H3. The van der Waals surface area contributed by atoms with E-state index in [0.717, 1.165) is 35.3 Å². The third-order valence-electron chi connectivity index (χ3n) is 2.50. The molecule has 0 fully saturated rings. The smallest absolute Gasteiger partial charge is 0.137 e. The Hall–Kier alpha value is -1.02. The summed E-state index contributed by atoms with van der Waals surface area (Å²) >= 11 is 3.53. The Labute approximate surface area is 123 Å². The summed E-state index contributed by atoms with van der Waals surface area (Å²) in [5.41, 5.74) is 1.13. The highest BCUT2D eigenvalue weighted by Gasteiger charge is 2.07. The van der Waals surface area contributed by atoms with Gasteiger partial charge in [0.1, 0.15) is 5.75 Å². The fourth-order valence-corrected chi connectivity index (χ4v) is 2.10. The third kappa shape index (κ3) is 6.11. The molecule has 0 saturated heterocycles. The van der Waals surface area contributed by atoms with Gasteiger partial charge in [0.05, 0.1) is 17.7 Å².